The molecule has 0 amide bonds. The third-order valence-corrected chi connectivity index (χ3v) is 5.60. The van der Waals surface area contributed by atoms with E-state index in [9.17, 15) is 79.0 Å². The van der Waals surface area contributed by atoms with Gasteiger partial charge in [-0.2, -0.15) is 79.0 Å². The van der Waals surface area contributed by atoms with Gasteiger partial charge in [-0.25, -0.2) is 0 Å². The van der Waals surface area contributed by atoms with Gasteiger partial charge in [-0.3, -0.25) is 4.90 Å². The second-order valence-electron chi connectivity index (χ2n) is 8.67. The SMILES string of the molecule is FC(F)(F)C(F)(F)C(F)(F)C(F)(F)CCCN(CCCC(F)(F)C(F)(F)C(F)(F)C(F)(F)F)Cc1ccccc1. The van der Waals surface area contributed by atoms with Gasteiger partial charge >= 0.3 is 47.9 Å². The zero-order chi connectivity index (χ0) is 31.6. The van der Waals surface area contributed by atoms with Gasteiger partial charge in [-0.05, 0) is 31.5 Å². The molecule has 0 aliphatic heterocycles. The minimum absolute atomic E-state index is 0.226. The molecule has 0 N–H and O–H groups in total. The first-order valence-electron chi connectivity index (χ1n) is 10.8. The highest BCUT2D eigenvalue weighted by Crippen LogP contribution is 2.55. The Morgan fingerprint density at radius 2 is 0.775 bits per heavy atom. The fourth-order valence-electron chi connectivity index (χ4n) is 3.29. The quantitative estimate of drug-likeness (QED) is 0.186. The highest BCUT2D eigenvalue weighted by molar-refractivity contribution is 5.14. The molecule has 0 spiro atoms. The number of halogens is 18. The molecule has 0 saturated carbocycles. The first-order chi connectivity index (χ1) is 17.7. The van der Waals surface area contributed by atoms with Crippen LogP contribution in [0.5, 0.6) is 0 Å². The smallest absolute Gasteiger partial charge is 0.299 e. The Hall–Kier alpha value is -2.08. The highest BCUT2D eigenvalue weighted by atomic mass is 19.4. The molecule has 1 aromatic rings. The summed E-state index contributed by atoms with van der Waals surface area (Å²) in [6, 6.07) is 6.81. The maximum atomic E-state index is 13.8. The average molecular weight is 627 g/mol. The zero-order valence-corrected chi connectivity index (χ0v) is 19.6. The topological polar surface area (TPSA) is 3.24 Å². The normalized spacial score (nSPS) is 15.2. The van der Waals surface area contributed by atoms with E-state index in [0.29, 0.717) is 0 Å². The van der Waals surface area contributed by atoms with Crippen molar-refractivity contribution in [3.63, 3.8) is 0 Å². The molecule has 1 rings (SSSR count). The number of alkyl halides is 18. The Balaban J connectivity index is 3.02. The van der Waals surface area contributed by atoms with Crippen molar-refractivity contribution >= 4 is 0 Å². The van der Waals surface area contributed by atoms with Crippen LogP contribution in [0.25, 0.3) is 0 Å². The second-order valence-corrected chi connectivity index (χ2v) is 8.67. The summed E-state index contributed by atoms with van der Waals surface area (Å²) in [5.74, 6) is -40.0. The van der Waals surface area contributed by atoms with E-state index in [4.69, 9.17) is 0 Å². The van der Waals surface area contributed by atoms with Crippen molar-refractivity contribution in [3.8, 4) is 0 Å². The summed E-state index contributed by atoms with van der Waals surface area (Å²) in [6.07, 6.45) is -21.3. The minimum atomic E-state index is -7.15. The van der Waals surface area contributed by atoms with E-state index in [1.54, 1.807) is 0 Å². The van der Waals surface area contributed by atoms with Gasteiger partial charge in [0, 0.05) is 19.4 Å². The summed E-state index contributed by atoms with van der Waals surface area (Å²) >= 11 is 0. The van der Waals surface area contributed by atoms with E-state index in [0.717, 1.165) is 4.90 Å². The van der Waals surface area contributed by atoms with Gasteiger partial charge in [0.15, 0.2) is 0 Å². The van der Waals surface area contributed by atoms with Gasteiger partial charge in [0.25, 0.3) is 0 Å². The van der Waals surface area contributed by atoms with Crippen LogP contribution < -0.4 is 0 Å². The second kappa shape index (κ2) is 11.7. The van der Waals surface area contributed by atoms with Gasteiger partial charge in [0.05, 0.1) is 0 Å². The first kappa shape index (κ1) is 35.9. The average Bonchev–Trinajstić information content (AvgIpc) is 2.77. The van der Waals surface area contributed by atoms with Crippen LogP contribution in [0.1, 0.15) is 31.2 Å². The predicted molar refractivity (Wildman–Crippen MR) is 102 cm³/mol. The number of nitrogens with zero attached hydrogens (tertiary/aromatic N) is 1. The third kappa shape index (κ3) is 7.21. The number of benzene rings is 1. The van der Waals surface area contributed by atoms with Crippen LogP contribution in [-0.2, 0) is 6.54 Å². The maximum Gasteiger partial charge on any atom is 0.460 e. The molecule has 0 fully saturated rings. The number of hydrogen-bond acceptors (Lipinski definition) is 1. The summed E-state index contributed by atoms with van der Waals surface area (Å²) in [7, 11) is 0. The molecule has 234 valence electrons. The molecule has 19 heteroatoms. The molecule has 0 aliphatic rings. The van der Waals surface area contributed by atoms with E-state index < -0.39 is 93.2 Å². The third-order valence-electron chi connectivity index (χ3n) is 5.60. The predicted octanol–water partition coefficient (Wildman–Crippen LogP) is 8.99. The summed E-state index contributed by atoms with van der Waals surface area (Å²) in [5.41, 5.74) is 0.226. The molecule has 0 radical (unpaired) electrons. The van der Waals surface area contributed by atoms with Crippen molar-refractivity contribution < 1.29 is 79.0 Å². The van der Waals surface area contributed by atoms with Crippen LogP contribution in [0.4, 0.5) is 79.0 Å². The van der Waals surface area contributed by atoms with Crippen molar-refractivity contribution in [1.29, 1.82) is 0 Å². The molecule has 0 unspecified atom stereocenters. The van der Waals surface area contributed by atoms with Crippen LogP contribution in [0.3, 0.4) is 0 Å². The Morgan fingerprint density at radius 1 is 0.450 bits per heavy atom. The van der Waals surface area contributed by atoms with Gasteiger partial charge < -0.3 is 0 Å². The van der Waals surface area contributed by atoms with E-state index >= 15 is 0 Å². The molecule has 0 aromatic heterocycles. The van der Waals surface area contributed by atoms with Crippen molar-refractivity contribution in [2.24, 2.45) is 0 Å². The molecular weight excluding hydrogens is 608 g/mol. The molecule has 0 saturated heterocycles. The monoisotopic (exact) mass is 627 g/mol. The molecule has 1 aromatic carbocycles. The molecule has 0 aliphatic carbocycles. The fraction of sp³-hybridized carbons (Fsp3) is 0.714. The molecular formula is C21H19F18N. The molecule has 0 heterocycles. The van der Waals surface area contributed by atoms with Crippen molar-refractivity contribution in [2.45, 2.75) is 80.1 Å². The van der Waals surface area contributed by atoms with Gasteiger partial charge in [-0.15, -0.1) is 0 Å². The van der Waals surface area contributed by atoms with Gasteiger partial charge in [0.2, 0.25) is 0 Å². The highest BCUT2D eigenvalue weighted by Gasteiger charge is 2.82. The number of rotatable bonds is 14. The summed E-state index contributed by atoms with van der Waals surface area (Å²) in [5, 5.41) is 0. The van der Waals surface area contributed by atoms with Gasteiger partial charge in [0.1, 0.15) is 0 Å². The van der Waals surface area contributed by atoms with Gasteiger partial charge in [-0.1, -0.05) is 30.3 Å². The lowest BCUT2D eigenvalue weighted by atomic mass is 9.98. The fourth-order valence-corrected chi connectivity index (χ4v) is 3.29. The van der Waals surface area contributed by atoms with E-state index in [1.165, 1.54) is 30.3 Å². The van der Waals surface area contributed by atoms with E-state index in [1.807, 2.05) is 0 Å². The van der Waals surface area contributed by atoms with E-state index in [2.05, 4.69) is 0 Å². The first-order valence-corrected chi connectivity index (χ1v) is 10.8. The number of hydrogen-bond donors (Lipinski definition) is 0. The Kier molecular flexibility index (Phi) is 10.5. The Bertz CT molecular complexity index is 879. The van der Waals surface area contributed by atoms with Crippen LogP contribution >= 0.6 is 0 Å². The lowest BCUT2D eigenvalue weighted by Gasteiger charge is -2.34. The van der Waals surface area contributed by atoms with Crippen molar-refractivity contribution in [3.05, 3.63) is 35.9 Å². The standard InChI is InChI=1S/C21H19F18N/c22-14(23,16(26,27)18(30,31)20(34,35)36)8-4-10-40(12-13-6-2-1-3-7-13)11-5-9-15(24,25)17(28,29)19(32,33)21(37,38)39/h1-3,6-7H,4-5,8-12H2. The van der Waals surface area contributed by atoms with E-state index in [-0.39, 0.29) is 5.56 Å². The summed E-state index contributed by atoms with van der Waals surface area (Å²) in [6.45, 7) is -2.33. The zero-order valence-electron chi connectivity index (χ0n) is 19.6. The largest absolute Gasteiger partial charge is 0.460 e. The lowest BCUT2D eigenvalue weighted by molar-refractivity contribution is -0.396. The van der Waals surface area contributed by atoms with Crippen LogP contribution in [-0.4, -0.2) is 65.9 Å². The molecule has 1 nitrogen and oxygen atoms in total. The van der Waals surface area contributed by atoms with Crippen LogP contribution in [0.2, 0.25) is 0 Å². The minimum Gasteiger partial charge on any atom is -0.299 e. The summed E-state index contributed by atoms with van der Waals surface area (Å²) in [4.78, 5) is 0.765. The molecule has 40 heavy (non-hydrogen) atoms. The molecule has 0 atom stereocenters. The van der Waals surface area contributed by atoms with Crippen molar-refractivity contribution in [2.75, 3.05) is 13.1 Å². The van der Waals surface area contributed by atoms with Crippen molar-refractivity contribution in [1.82, 2.24) is 4.90 Å². The van der Waals surface area contributed by atoms with Crippen LogP contribution in [0.15, 0.2) is 30.3 Å². The maximum absolute atomic E-state index is 13.8. The Labute approximate surface area is 214 Å². The Morgan fingerprint density at radius 3 is 1.07 bits per heavy atom. The molecule has 0 bridgehead atoms. The summed E-state index contributed by atoms with van der Waals surface area (Å²) < 4.78 is 234. The lowest BCUT2D eigenvalue weighted by Crippen LogP contribution is -2.61. The van der Waals surface area contributed by atoms with Crippen LogP contribution in [0, 0.1) is 0 Å².